The first-order valence-corrected chi connectivity index (χ1v) is 8.24. The SMILES string of the molecule is CC(C)c1nc(=O)n(CC2CCN(C)CC2)c2ccccc12. The van der Waals surface area contributed by atoms with Gasteiger partial charge >= 0.3 is 5.69 Å². The van der Waals surface area contributed by atoms with Crippen molar-refractivity contribution in [1.82, 2.24) is 14.5 Å². The van der Waals surface area contributed by atoms with Gasteiger partial charge in [-0.2, -0.15) is 4.98 Å². The predicted octanol–water partition coefficient (Wildman–Crippen LogP) is 2.86. The molecule has 1 saturated heterocycles. The summed E-state index contributed by atoms with van der Waals surface area (Å²) in [5, 5.41) is 1.12. The number of aromatic nitrogens is 2. The van der Waals surface area contributed by atoms with Crippen molar-refractivity contribution in [2.45, 2.75) is 39.2 Å². The fraction of sp³-hybridized carbons (Fsp3) is 0.556. The van der Waals surface area contributed by atoms with Gasteiger partial charge in [0, 0.05) is 11.9 Å². The van der Waals surface area contributed by atoms with Crippen LogP contribution >= 0.6 is 0 Å². The molecule has 1 aliphatic heterocycles. The second-order valence-electron chi connectivity index (χ2n) is 6.81. The Kier molecular flexibility index (Phi) is 4.30. The number of piperidine rings is 1. The third kappa shape index (κ3) is 2.93. The minimum absolute atomic E-state index is 0.0960. The van der Waals surface area contributed by atoms with Crippen molar-refractivity contribution in [3.05, 3.63) is 40.4 Å². The van der Waals surface area contributed by atoms with Crippen molar-refractivity contribution in [3.63, 3.8) is 0 Å². The van der Waals surface area contributed by atoms with Gasteiger partial charge in [0.15, 0.2) is 0 Å². The Bertz CT molecular complexity index is 712. The fourth-order valence-corrected chi connectivity index (χ4v) is 3.37. The molecule has 3 rings (SSSR count). The first-order valence-electron chi connectivity index (χ1n) is 8.24. The molecule has 1 aliphatic rings. The van der Waals surface area contributed by atoms with E-state index in [0.29, 0.717) is 5.92 Å². The predicted molar refractivity (Wildman–Crippen MR) is 90.3 cm³/mol. The number of nitrogens with zero attached hydrogens (tertiary/aromatic N) is 3. The molecule has 0 aliphatic carbocycles. The highest BCUT2D eigenvalue weighted by atomic mass is 16.1. The van der Waals surface area contributed by atoms with Crippen LogP contribution in [0.1, 0.15) is 38.3 Å². The number of hydrogen-bond donors (Lipinski definition) is 0. The molecule has 1 aromatic heterocycles. The van der Waals surface area contributed by atoms with Gasteiger partial charge in [-0.25, -0.2) is 4.79 Å². The van der Waals surface area contributed by atoms with Gasteiger partial charge in [0.25, 0.3) is 0 Å². The van der Waals surface area contributed by atoms with Crippen LogP contribution in [0.3, 0.4) is 0 Å². The highest BCUT2D eigenvalue weighted by Crippen LogP contribution is 2.24. The summed E-state index contributed by atoms with van der Waals surface area (Å²) in [7, 11) is 2.16. The summed E-state index contributed by atoms with van der Waals surface area (Å²) in [6.45, 7) is 7.22. The molecule has 0 spiro atoms. The Hall–Kier alpha value is -1.68. The monoisotopic (exact) mass is 299 g/mol. The van der Waals surface area contributed by atoms with Crippen LogP contribution in [0.5, 0.6) is 0 Å². The largest absolute Gasteiger partial charge is 0.348 e. The first kappa shape index (κ1) is 15.2. The number of fused-ring (bicyclic) bond motifs is 1. The molecule has 0 amide bonds. The summed E-state index contributed by atoms with van der Waals surface area (Å²) in [5.74, 6) is 0.833. The third-order valence-corrected chi connectivity index (χ3v) is 4.74. The summed E-state index contributed by atoms with van der Waals surface area (Å²) in [4.78, 5) is 19.3. The van der Waals surface area contributed by atoms with E-state index < -0.39 is 0 Å². The number of rotatable bonds is 3. The lowest BCUT2D eigenvalue weighted by atomic mass is 9.96. The van der Waals surface area contributed by atoms with Gasteiger partial charge in [0.05, 0.1) is 11.2 Å². The number of likely N-dealkylation sites (tertiary alicyclic amines) is 1. The smallest absolute Gasteiger partial charge is 0.306 e. The average molecular weight is 299 g/mol. The second kappa shape index (κ2) is 6.21. The van der Waals surface area contributed by atoms with Crippen LogP contribution in [0.2, 0.25) is 0 Å². The Labute approximate surface area is 131 Å². The molecule has 1 aromatic carbocycles. The van der Waals surface area contributed by atoms with Crippen LogP contribution < -0.4 is 5.69 Å². The van der Waals surface area contributed by atoms with E-state index in [4.69, 9.17) is 0 Å². The fourth-order valence-electron chi connectivity index (χ4n) is 3.37. The van der Waals surface area contributed by atoms with Crippen molar-refractivity contribution >= 4 is 10.9 Å². The van der Waals surface area contributed by atoms with E-state index in [2.05, 4.69) is 42.9 Å². The number of benzene rings is 1. The van der Waals surface area contributed by atoms with Crippen molar-refractivity contribution in [3.8, 4) is 0 Å². The lowest BCUT2D eigenvalue weighted by Gasteiger charge is -2.29. The van der Waals surface area contributed by atoms with Gasteiger partial charge in [-0.1, -0.05) is 32.0 Å². The Morgan fingerprint density at radius 3 is 2.59 bits per heavy atom. The summed E-state index contributed by atoms with van der Waals surface area (Å²) >= 11 is 0. The molecule has 0 radical (unpaired) electrons. The van der Waals surface area contributed by atoms with E-state index in [1.54, 1.807) is 0 Å². The summed E-state index contributed by atoms with van der Waals surface area (Å²) in [6, 6.07) is 8.18. The van der Waals surface area contributed by atoms with Crippen LogP contribution in [-0.4, -0.2) is 34.6 Å². The Morgan fingerprint density at radius 1 is 1.23 bits per heavy atom. The van der Waals surface area contributed by atoms with Gasteiger partial charge in [0.2, 0.25) is 0 Å². The minimum atomic E-state index is -0.0960. The highest BCUT2D eigenvalue weighted by molar-refractivity contribution is 5.81. The van der Waals surface area contributed by atoms with Crippen molar-refractivity contribution in [2.75, 3.05) is 20.1 Å². The van der Waals surface area contributed by atoms with Gasteiger partial charge in [0.1, 0.15) is 0 Å². The van der Waals surface area contributed by atoms with Gasteiger partial charge in [-0.3, -0.25) is 4.57 Å². The van der Waals surface area contributed by atoms with Crippen LogP contribution in [0.4, 0.5) is 0 Å². The molecule has 0 unspecified atom stereocenters. The third-order valence-electron chi connectivity index (χ3n) is 4.74. The maximum Gasteiger partial charge on any atom is 0.348 e. The van der Waals surface area contributed by atoms with Crippen LogP contribution in [-0.2, 0) is 6.54 Å². The lowest BCUT2D eigenvalue weighted by Crippen LogP contribution is -2.35. The molecule has 4 nitrogen and oxygen atoms in total. The molecular formula is C18H25N3O. The van der Waals surface area contributed by atoms with E-state index in [1.165, 1.54) is 0 Å². The van der Waals surface area contributed by atoms with E-state index >= 15 is 0 Å². The first-order chi connectivity index (χ1) is 10.6. The molecule has 0 bridgehead atoms. The van der Waals surface area contributed by atoms with E-state index in [0.717, 1.165) is 49.1 Å². The highest BCUT2D eigenvalue weighted by Gasteiger charge is 2.20. The molecule has 4 heteroatoms. The maximum atomic E-state index is 12.5. The standard InChI is InChI=1S/C18H25N3O/c1-13(2)17-15-6-4-5-7-16(15)21(18(22)19-17)12-14-8-10-20(3)11-9-14/h4-7,13-14H,8-12H2,1-3H3. The van der Waals surface area contributed by atoms with Gasteiger partial charge in [-0.05, 0) is 50.9 Å². The van der Waals surface area contributed by atoms with E-state index in [-0.39, 0.29) is 11.6 Å². The molecule has 0 atom stereocenters. The van der Waals surface area contributed by atoms with Crippen molar-refractivity contribution in [1.29, 1.82) is 0 Å². The Morgan fingerprint density at radius 2 is 1.91 bits per heavy atom. The zero-order valence-electron chi connectivity index (χ0n) is 13.7. The quantitative estimate of drug-likeness (QED) is 0.874. The maximum absolute atomic E-state index is 12.5. The van der Waals surface area contributed by atoms with Gasteiger partial charge < -0.3 is 4.90 Å². The molecule has 2 aromatic rings. The molecule has 0 saturated carbocycles. The second-order valence-corrected chi connectivity index (χ2v) is 6.81. The summed E-state index contributed by atoms with van der Waals surface area (Å²) < 4.78 is 1.89. The van der Waals surface area contributed by atoms with Crippen LogP contribution in [0.25, 0.3) is 10.9 Å². The molecular weight excluding hydrogens is 274 g/mol. The minimum Gasteiger partial charge on any atom is -0.306 e. The van der Waals surface area contributed by atoms with Crippen LogP contribution in [0.15, 0.2) is 29.1 Å². The molecule has 0 N–H and O–H groups in total. The number of hydrogen-bond acceptors (Lipinski definition) is 3. The summed E-state index contributed by atoms with van der Waals surface area (Å²) in [5.41, 5.74) is 1.85. The van der Waals surface area contributed by atoms with Crippen molar-refractivity contribution < 1.29 is 0 Å². The van der Waals surface area contributed by atoms with Crippen molar-refractivity contribution in [2.24, 2.45) is 5.92 Å². The topological polar surface area (TPSA) is 38.1 Å². The Balaban J connectivity index is 2.01. The molecule has 118 valence electrons. The van der Waals surface area contributed by atoms with E-state index in [1.807, 2.05) is 16.7 Å². The lowest BCUT2D eigenvalue weighted by molar-refractivity contribution is 0.205. The van der Waals surface area contributed by atoms with E-state index in [9.17, 15) is 4.79 Å². The molecule has 22 heavy (non-hydrogen) atoms. The zero-order chi connectivity index (χ0) is 15.7. The summed E-state index contributed by atoms with van der Waals surface area (Å²) in [6.07, 6.45) is 2.31. The molecule has 2 heterocycles. The zero-order valence-corrected chi connectivity index (χ0v) is 13.7. The normalized spacial score (nSPS) is 17.5. The molecule has 1 fully saturated rings. The van der Waals surface area contributed by atoms with Gasteiger partial charge in [-0.15, -0.1) is 0 Å². The average Bonchev–Trinajstić information content (AvgIpc) is 2.51. The number of para-hydroxylation sites is 1. The van der Waals surface area contributed by atoms with Crippen LogP contribution in [0, 0.1) is 5.92 Å².